The summed E-state index contributed by atoms with van der Waals surface area (Å²) in [4.78, 5) is 27.0. The van der Waals surface area contributed by atoms with Gasteiger partial charge in [0.1, 0.15) is 6.04 Å². The number of benzene rings is 1. The topological polar surface area (TPSA) is 77.8 Å². The zero-order valence-electron chi connectivity index (χ0n) is 11.2. The molecule has 2 rings (SSSR count). The fourth-order valence-corrected chi connectivity index (χ4v) is 2.02. The lowest BCUT2D eigenvalue weighted by Gasteiger charge is -2.22. The van der Waals surface area contributed by atoms with E-state index in [1.54, 1.807) is 6.92 Å². The second-order valence-corrected chi connectivity index (χ2v) is 4.64. The van der Waals surface area contributed by atoms with Crippen molar-refractivity contribution in [2.45, 2.75) is 25.6 Å². The lowest BCUT2D eigenvalue weighted by molar-refractivity contribution is -0.157. The van der Waals surface area contributed by atoms with Crippen LogP contribution < -0.4 is 16.4 Å². The highest BCUT2D eigenvalue weighted by Crippen LogP contribution is 2.33. The van der Waals surface area contributed by atoms with Crippen LogP contribution in [0.5, 0.6) is 0 Å². The van der Waals surface area contributed by atoms with E-state index in [1.165, 1.54) is 18.2 Å². The van der Waals surface area contributed by atoms with Crippen LogP contribution in [0.1, 0.15) is 24.9 Å². The Morgan fingerprint density at radius 1 is 1.14 bits per heavy atom. The van der Waals surface area contributed by atoms with Crippen LogP contribution in [0.15, 0.2) is 27.8 Å². The molecule has 3 N–H and O–H groups in total. The van der Waals surface area contributed by atoms with Gasteiger partial charge in [0, 0.05) is 0 Å². The highest BCUT2D eigenvalue weighted by Gasteiger charge is 2.40. The highest BCUT2D eigenvalue weighted by atomic mass is 19.4. The molecule has 2 aromatic rings. The van der Waals surface area contributed by atoms with Crippen LogP contribution in [-0.4, -0.2) is 22.7 Å². The summed E-state index contributed by atoms with van der Waals surface area (Å²) in [6.07, 6.45) is -3.89. The maximum absolute atomic E-state index is 13.1. The molecule has 0 saturated heterocycles. The molecule has 0 saturated carbocycles. The lowest BCUT2D eigenvalue weighted by Crippen LogP contribution is -2.34. The third kappa shape index (κ3) is 3.33. The van der Waals surface area contributed by atoms with E-state index < -0.39 is 23.3 Å². The first-order chi connectivity index (χ1) is 9.82. The average Bonchev–Trinajstić information content (AvgIpc) is 2.39. The van der Waals surface area contributed by atoms with Gasteiger partial charge in [0.2, 0.25) is 0 Å². The van der Waals surface area contributed by atoms with Gasteiger partial charge in [-0.05, 0) is 30.7 Å². The van der Waals surface area contributed by atoms with Crippen molar-refractivity contribution < 1.29 is 13.2 Å². The zero-order chi connectivity index (χ0) is 15.6. The number of hydrogen-bond acceptors (Lipinski definition) is 3. The Bertz CT molecular complexity index is 749. The van der Waals surface area contributed by atoms with Crippen molar-refractivity contribution in [1.29, 1.82) is 0 Å². The number of fused-ring (bicyclic) bond motifs is 1. The van der Waals surface area contributed by atoms with E-state index in [-0.39, 0.29) is 23.1 Å². The van der Waals surface area contributed by atoms with Crippen LogP contribution in [0.3, 0.4) is 0 Å². The van der Waals surface area contributed by atoms with E-state index in [9.17, 15) is 22.8 Å². The quantitative estimate of drug-likeness (QED) is 0.754. The fraction of sp³-hybridized carbons (Fsp3) is 0.385. The maximum atomic E-state index is 13.1. The molecule has 1 heterocycles. The summed E-state index contributed by atoms with van der Waals surface area (Å²) in [5, 5.41) is 2.43. The summed E-state index contributed by atoms with van der Waals surface area (Å²) in [6.45, 7) is 1.98. The molecule has 1 aromatic carbocycles. The van der Waals surface area contributed by atoms with Crippen molar-refractivity contribution in [3.63, 3.8) is 0 Å². The molecular formula is C13H14F3N3O2. The fourth-order valence-electron chi connectivity index (χ4n) is 2.02. The molecular weight excluding hydrogens is 287 g/mol. The molecule has 114 valence electrons. The minimum Gasteiger partial charge on any atom is -0.316 e. The normalized spacial score (nSPS) is 13.5. The zero-order valence-corrected chi connectivity index (χ0v) is 11.2. The molecule has 0 radical (unpaired) electrons. The summed E-state index contributed by atoms with van der Waals surface area (Å²) in [6, 6.07) is 2.01. The van der Waals surface area contributed by atoms with Gasteiger partial charge in [-0.15, -0.1) is 0 Å². The van der Waals surface area contributed by atoms with Gasteiger partial charge < -0.3 is 15.3 Å². The largest absolute Gasteiger partial charge is 0.407 e. The molecule has 1 atom stereocenters. The van der Waals surface area contributed by atoms with Gasteiger partial charge >= 0.3 is 17.3 Å². The van der Waals surface area contributed by atoms with Gasteiger partial charge in [-0.1, -0.05) is 13.0 Å². The summed E-state index contributed by atoms with van der Waals surface area (Å²) in [5.74, 6) is 0. The van der Waals surface area contributed by atoms with E-state index in [4.69, 9.17) is 0 Å². The SMILES string of the molecule is CCCNC(c1ccc2[nH]c(=O)c(=O)[nH]c2c1)C(F)(F)F. The molecule has 0 aliphatic rings. The number of halogens is 3. The van der Waals surface area contributed by atoms with Gasteiger partial charge in [0.25, 0.3) is 0 Å². The number of rotatable bonds is 4. The Hall–Kier alpha value is -2.09. The minimum atomic E-state index is -4.45. The number of nitrogens with one attached hydrogen (secondary N) is 3. The van der Waals surface area contributed by atoms with E-state index in [2.05, 4.69) is 15.3 Å². The minimum absolute atomic E-state index is 0.0221. The van der Waals surface area contributed by atoms with Gasteiger partial charge in [-0.25, -0.2) is 0 Å². The van der Waals surface area contributed by atoms with Crippen molar-refractivity contribution >= 4 is 11.0 Å². The Morgan fingerprint density at radius 3 is 2.33 bits per heavy atom. The Balaban J connectivity index is 2.51. The average molecular weight is 301 g/mol. The predicted molar refractivity (Wildman–Crippen MR) is 72.3 cm³/mol. The summed E-state index contributed by atoms with van der Waals surface area (Å²) in [5.41, 5.74) is -1.33. The van der Waals surface area contributed by atoms with Crippen LogP contribution >= 0.6 is 0 Å². The molecule has 0 amide bonds. The van der Waals surface area contributed by atoms with E-state index in [0.29, 0.717) is 6.42 Å². The highest BCUT2D eigenvalue weighted by molar-refractivity contribution is 5.74. The Kier molecular flexibility index (Phi) is 4.17. The van der Waals surface area contributed by atoms with Gasteiger partial charge in [0.05, 0.1) is 11.0 Å². The van der Waals surface area contributed by atoms with Crippen molar-refractivity contribution in [2.75, 3.05) is 6.54 Å². The standard InChI is InChI=1S/C13H14F3N3O2/c1-2-5-17-10(13(14,15)16)7-3-4-8-9(6-7)19-12(21)11(20)18-8/h3-4,6,10,17H,2,5H2,1H3,(H,18,20)(H,19,21). The summed E-state index contributed by atoms with van der Waals surface area (Å²) < 4.78 is 39.2. The van der Waals surface area contributed by atoms with Crippen molar-refractivity contribution in [2.24, 2.45) is 0 Å². The third-order valence-electron chi connectivity index (χ3n) is 3.01. The molecule has 0 spiro atoms. The van der Waals surface area contributed by atoms with Crippen LogP contribution in [0.25, 0.3) is 11.0 Å². The lowest BCUT2D eigenvalue weighted by atomic mass is 10.1. The van der Waals surface area contributed by atoms with Gasteiger partial charge in [-0.3, -0.25) is 9.59 Å². The molecule has 8 heteroatoms. The van der Waals surface area contributed by atoms with Crippen molar-refractivity contribution in [3.8, 4) is 0 Å². The molecule has 0 aliphatic carbocycles. The summed E-state index contributed by atoms with van der Waals surface area (Å²) in [7, 11) is 0. The van der Waals surface area contributed by atoms with E-state index in [0.717, 1.165) is 0 Å². The van der Waals surface area contributed by atoms with E-state index >= 15 is 0 Å². The van der Waals surface area contributed by atoms with Gasteiger partial charge in [0.15, 0.2) is 0 Å². The molecule has 0 bridgehead atoms. The number of hydrogen-bond donors (Lipinski definition) is 3. The van der Waals surface area contributed by atoms with Crippen LogP contribution in [0.4, 0.5) is 13.2 Å². The summed E-state index contributed by atoms with van der Waals surface area (Å²) >= 11 is 0. The molecule has 0 fully saturated rings. The molecule has 21 heavy (non-hydrogen) atoms. The Labute approximate surface area is 117 Å². The number of aromatic amines is 2. The van der Waals surface area contributed by atoms with Crippen LogP contribution in [0.2, 0.25) is 0 Å². The Morgan fingerprint density at radius 2 is 1.76 bits per heavy atom. The first-order valence-electron chi connectivity index (χ1n) is 6.39. The smallest absolute Gasteiger partial charge is 0.316 e. The number of alkyl halides is 3. The second-order valence-electron chi connectivity index (χ2n) is 4.64. The van der Waals surface area contributed by atoms with Crippen LogP contribution in [-0.2, 0) is 0 Å². The van der Waals surface area contributed by atoms with Crippen molar-refractivity contribution in [3.05, 3.63) is 44.5 Å². The predicted octanol–water partition coefficient (Wildman–Crippen LogP) is 1.82. The van der Waals surface area contributed by atoms with Gasteiger partial charge in [-0.2, -0.15) is 13.2 Å². The number of H-pyrrole nitrogens is 2. The van der Waals surface area contributed by atoms with Crippen LogP contribution in [0, 0.1) is 0 Å². The molecule has 0 aliphatic heterocycles. The molecule has 5 nitrogen and oxygen atoms in total. The second kappa shape index (κ2) is 5.72. The monoisotopic (exact) mass is 301 g/mol. The molecule has 1 unspecified atom stereocenters. The first-order valence-corrected chi connectivity index (χ1v) is 6.39. The maximum Gasteiger partial charge on any atom is 0.407 e. The number of aromatic nitrogens is 2. The van der Waals surface area contributed by atoms with E-state index in [1.807, 2.05) is 0 Å². The first kappa shape index (κ1) is 15.3. The molecule has 1 aromatic heterocycles. The van der Waals surface area contributed by atoms with Crippen molar-refractivity contribution in [1.82, 2.24) is 15.3 Å². The third-order valence-corrected chi connectivity index (χ3v) is 3.01.